The fourth-order valence-electron chi connectivity index (χ4n) is 3.44. The molecule has 11 heteroatoms. The normalized spacial score (nSPS) is 11.5. The van der Waals surface area contributed by atoms with Crippen LogP contribution in [0, 0.1) is 0 Å². The van der Waals surface area contributed by atoms with Crippen molar-refractivity contribution in [1.29, 1.82) is 0 Å². The molecule has 196 valence electrons. The van der Waals surface area contributed by atoms with Crippen LogP contribution in [0.4, 0.5) is 10.8 Å². The highest BCUT2D eigenvalue weighted by Gasteiger charge is 2.18. The predicted octanol–water partition coefficient (Wildman–Crippen LogP) is 7.51. The summed E-state index contributed by atoms with van der Waals surface area (Å²) in [7, 11) is 3.05. The number of carbonyl (C=O) groups excluding carboxylic acids is 2. The van der Waals surface area contributed by atoms with Crippen molar-refractivity contribution in [2.45, 2.75) is 17.1 Å². The van der Waals surface area contributed by atoms with Gasteiger partial charge in [0.25, 0.3) is 5.91 Å². The molecule has 2 amide bonds. The number of thiazole rings is 1. The zero-order valence-electron chi connectivity index (χ0n) is 20.6. The first-order valence-corrected chi connectivity index (χ1v) is 13.8. The van der Waals surface area contributed by atoms with Gasteiger partial charge in [0.1, 0.15) is 0 Å². The number of nitrogens with one attached hydrogen (secondary N) is 2. The maximum Gasteiger partial charge on any atom is 0.255 e. The third-order valence-electron chi connectivity index (χ3n) is 5.36. The van der Waals surface area contributed by atoms with E-state index in [4.69, 9.17) is 32.7 Å². The van der Waals surface area contributed by atoms with Crippen molar-refractivity contribution in [2.24, 2.45) is 0 Å². The van der Waals surface area contributed by atoms with Crippen LogP contribution in [0.5, 0.6) is 11.5 Å². The lowest BCUT2D eigenvalue weighted by Gasteiger charge is -2.13. The average molecular weight is 589 g/mol. The molecule has 0 aliphatic carbocycles. The molecule has 7 nitrogen and oxygen atoms in total. The number of nitrogens with zero attached hydrogens (tertiary/aromatic N) is 1. The van der Waals surface area contributed by atoms with Crippen LogP contribution in [0.15, 0.2) is 70.9 Å². The van der Waals surface area contributed by atoms with Gasteiger partial charge in [-0.25, -0.2) is 4.98 Å². The monoisotopic (exact) mass is 587 g/mol. The molecule has 1 heterocycles. The van der Waals surface area contributed by atoms with Gasteiger partial charge in [-0.15, -0.1) is 23.1 Å². The van der Waals surface area contributed by atoms with Crippen LogP contribution in [0.3, 0.4) is 0 Å². The second-order valence-electron chi connectivity index (χ2n) is 7.96. The first-order valence-electron chi connectivity index (χ1n) is 11.3. The minimum absolute atomic E-state index is 0.196. The minimum atomic E-state index is -0.418. The molecule has 0 aliphatic heterocycles. The Morgan fingerprint density at radius 2 is 1.76 bits per heavy atom. The van der Waals surface area contributed by atoms with Crippen LogP contribution in [0.2, 0.25) is 10.0 Å². The van der Waals surface area contributed by atoms with Gasteiger partial charge in [-0.2, -0.15) is 0 Å². The molecule has 0 radical (unpaired) electrons. The van der Waals surface area contributed by atoms with Gasteiger partial charge < -0.3 is 20.1 Å². The fourth-order valence-corrected chi connectivity index (χ4v) is 5.59. The molecule has 3 aromatic carbocycles. The van der Waals surface area contributed by atoms with Crippen molar-refractivity contribution in [3.05, 3.63) is 81.7 Å². The smallest absolute Gasteiger partial charge is 0.255 e. The number of methoxy groups -OCH3 is 2. The van der Waals surface area contributed by atoms with Crippen molar-refractivity contribution in [1.82, 2.24) is 4.98 Å². The molecular weight excluding hydrogens is 565 g/mol. The zero-order valence-corrected chi connectivity index (χ0v) is 23.7. The second kappa shape index (κ2) is 12.5. The van der Waals surface area contributed by atoms with Crippen molar-refractivity contribution >= 4 is 68.9 Å². The van der Waals surface area contributed by atoms with E-state index in [0.29, 0.717) is 43.6 Å². The van der Waals surface area contributed by atoms with Crippen LogP contribution in [-0.4, -0.2) is 36.3 Å². The molecule has 0 fully saturated rings. The topological polar surface area (TPSA) is 89.5 Å². The SMILES string of the molecule is COc1ccc(C(=O)Nc2cccc(SC(C)C(=O)Nc3nc(-c4ccc(Cl)cc4Cl)cs3)c2)cc1OC. The first-order chi connectivity index (χ1) is 18.3. The van der Waals surface area contributed by atoms with E-state index in [2.05, 4.69) is 15.6 Å². The van der Waals surface area contributed by atoms with E-state index in [1.165, 1.54) is 37.3 Å². The predicted molar refractivity (Wildman–Crippen MR) is 155 cm³/mol. The van der Waals surface area contributed by atoms with Gasteiger partial charge in [-0.1, -0.05) is 29.3 Å². The highest BCUT2D eigenvalue weighted by Crippen LogP contribution is 2.33. The van der Waals surface area contributed by atoms with E-state index in [-0.39, 0.29) is 11.8 Å². The zero-order chi connectivity index (χ0) is 27.2. The van der Waals surface area contributed by atoms with Crippen LogP contribution < -0.4 is 20.1 Å². The Morgan fingerprint density at radius 3 is 2.50 bits per heavy atom. The summed E-state index contributed by atoms with van der Waals surface area (Å²) < 4.78 is 10.5. The van der Waals surface area contributed by atoms with Gasteiger partial charge in [-0.3, -0.25) is 9.59 Å². The summed E-state index contributed by atoms with van der Waals surface area (Å²) in [6, 6.07) is 17.4. The number of benzene rings is 3. The number of carbonyl (C=O) groups is 2. The highest BCUT2D eigenvalue weighted by molar-refractivity contribution is 8.00. The van der Waals surface area contributed by atoms with E-state index >= 15 is 0 Å². The molecule has 1 atom stereocenters. The molecule has 0 aliphatic rings. The number of hydrogen-bond donors (Lipinski definition) is 2. The quantitative estimate of drug-likeness (QED) is 0.197. The molecular formula is C27H23Cl2N3O4S2. The Kier molecular flexibility index (Phi) is 9.17. The lowest BCUT2D eigenvalue weighted by Crippen LogP contribution is -2.22. The van der Waals surface area contributed by atoms with Crippen molar-refractivity contribution in [3.63, 3.8) is 0 Å². The molecule has 1 aromatic heterocycles. The Bertz CT molecular complexity index is 1480. The summed E-state index contributed by atoms with van der Waals surface area (Å²) in [6.07, 6.45) is 0. The lowest BCUT2D eigenvalue weighted by molar-refractivity contribution is -0.115. The number of halogens is 2. The molecule has 0 saturated heterocycles. The summed E-state index contributed by atoms with van der Waals surface area (Å²) in [5.41, 5.74) is 2.43. The van der Waals surface area contributed by atoms with Crippen LogP contribution >= 0.6 is 46.3 Å². The summed E-state index contributed by atoms with van der Waals surface area (Å²) >= 11 is 14.9. The third kappa shape index (κ3) is 6.79. The molecule has 4 aromatic rings. The number of ether oxygens (including phenoxy) is 2. The van der Waals surface area contributed by atoms with Gasteiger partial charge in [0.2, 0.25) is 5.91 Å². The van der Waals surface area contributed by atoms with Gasteiger partial charge in [-0.05, 0) is 61.5 Å². The maximum atomic E-state index is 12.8. The fraction of sp³-hybridized carbons (Fsp3) is 0.148. The first kappa shape index (κ1) is 27.8. The van der Waals surface area contributed by atoms with E-state index in [0.717, 1.165) is 10.5 Å². The molecule has 0 saturated carbocycles. The second-order valence-corrected chi connectivity index (χ2v) is 11.1. The molecule has 1 unspecified atom stereocenters. The Morgan fingerprint density at radius 1 is 0.974 bits per heavy atom. The summed E-state index contributed by atoms with van der Waals surface area (Å²) in [5, 5.41) is 8.65. The van der Waals surface area contributed by atoms with Gasteiger partial charge in [0.05, 0.1) is 30.2 Å². The van der Waals surface area contributed by atoms with Crippen molar-refractivity contribution in [2.75, 3.05) is 24.9 Å². The van der Waals surface area contributed by atoms with Gasteiger partial charge in [0, 0.05) is 32.1 Å². The summed E-state index contributed by atoms with van der Waals surface area (Å²) in [4.78, 5) is 30.9. The highest BCUT2D eigenvalue weighted by atomic mass is 35.5. The molecule has 4 rings (SSSR count). The van der Waals surface area contributed by atoms with Crippen LogP contribution in [0.25, 0.3) is 11.3 Å². The largest absolute Gasteiger partial charge is 0.493 e. The van der Waals surface area contributed by atoms with E-state index in [1.54, 1.807) is 49.4 Å². The average Bonchev–Trinajstić information content (AvgIpc) is 3.36. The van der Waals surface area contributed by atoms with E-state index < -0.39 is 5.25 Å². The number of aromatic nitrogens is 1. The number of hydrogen-bond acceptors (Lipinski definition) is 7. The number of rotatable bonds is 9. The third-order valence-corrected chi connectivity index (χ3v) is 7.76. The van der Waals surface area contributed by atoms with Gasteiger partial charge in [0.15, 0.2) is 16.6 Å². The number of anilines is 2. The standard InChI is InChI=1S/C27H23Cl2N3O4S2/c1-15(25(33)32-27-31-22(14-37-27)20-9-8-17(28)12-21(20)29)38-19-6-4-5-18(13-19)30-26(34)16-7-10-23(35-2)24(11-16)36-3/h4-15H,1-3H3,(H,30,34)(H,31,32,33). The van der Waals surface area contributed by atoms with E-state index in [9.17, 15) is 9.59 Å². The molecule has 0 bridgehead atoms. The summed E-state index contributed by atoms with van der Waals surface area (Å²) in [5.74, 6) is 0.516. The van der Waals surface area contributed by atoms with Crippen molar-refractivity contribution in [3.8, 4) is 22.8 Å². The molecule has 38 heavy (non-hydrogen) atoms. The maximum absolute atomic E-state index is 12.8. The molecule has 0 spiro atoms. The van der Waals surface area contributed by atoms with Crippen molar-refractivity contribution < 1.29 is 19.1 Å². The lowest BCUT2D eigenvalue weighted by atomic mass is 10.2. The van der Waals surface area contributed by atoms with E-state index in [1.807, 2.05) is 23.6 Å². The number of thioether (sulfide) groups is 1. The van der Waals surface area contributed by atoms with Gasteiger partial charge >= 0.3 is 0 Å². The molecule has 2 N–H and O–H groups in total. The van der Waals surface area contributed by atoms with Crippen LogP contribution in [-0.2, 0) is 4.79 Å². The van der Waals surface area contributed by atoms with Crippen LogP contribution in [0.1, 0.15) is 17.3 Å². The Balaban J connectivity index is 1.38. The minimum Gasteiger partial charge on any atom is -0.493 e. The Labute approximate surface area is 238 Å². The number of amides is 2. The summed E-state index contributed by atoms with van der Waals surface area (Å²) in [6.45, 7) is 1.81. The Hall–Kier alpha value is -3.24.